The number of benzene rings is 2. The van der Waals surface area contributed by atoms with Crippen molar-refractivity contribution in [3.8, 4) is 0 Å². The van der Waals surface area contributed by atoms with Crippen LogP contribution in [0.5, 0.6) is 0 Å². The second-order valence-corrected chi connectivity index (χ2v) is 5.54. The van der Waals surface area contributed by atoms with Gasteiger partial charge in [0.1, 0.15) is 0 Å². The molecule has 1 heterocycles. The Hall–Kier alpha value is -2.04. The number of nitrogens with one attached hydrogen (secondary N) is 3. The molecule has 3 aromatic rings. The van der Waals surface area contributed by atoms with Crippen molar-refractivity contribution in [2.75, 3.05) is 7.05 Å². The molecular weight excluding hydrogens is 286 g/mol. The van der Waals surface area contributed by atoms with Crippen LogP contribution >= 0.6 is 11.6 Å². The average Bonchev–Trinajstić information content (AvgIpc) is 2.81. The Morgan fingerprint density at radius 2 is 1.86 bits per heavy atom. The Balaban J connectivity index is 2.10. The van der Waals surface area contributed by atoms with Gasteiger partial charge in [-0.05, 0) is 54.9 Å². The number of H-pyrrole nitrogens is 2. The quantitative estimate of drug-likeness (QED) is 0.696. The zero-order valence-electron chi connectivity index (χ0n) is 11.8. The predicted molar refractivity (Wildman–Crippen MR) is 86.0 cm³/mol. The molecule has 0 spiro atoms. The molecule has 1 aromatic heterocycles. The minimum absolute atomic E-state index is 0.0464. The van der Waals surface area contributed by atoms with Gasteiger partial charge in [0.2, 0.25) is 0 Å². The van der Waals surface area contributed by atoms with Gasteiger partial charge in [-0.2, -0.15) is 0 Å². The van der Waals surface area contributed by atoms with Crippen LogP contribution in [0, 0.1) is 6.92 Å². The monoisotopic (exact) mass is 301 g/mol. The normalized spacial score (nSPS) is 12.7. The second kappa shape index (κ2) is 5.39. The number of hydrogen-bond donors (Lipinski definition) is 3. The highest BCUT2D eigenvalue weighted by Gasteiger charge is 2.15. The first-order valence-electron chi connectivity index (χ1n) is 6.74. The molecule has 0 aliphatic heterocycles. The molecule has 108 valence electrons. The van der Waals surface area contributed by atoms with Gasteiger partial charge in [0.15, 0.2) is 0 Å². The van der Waals surface area contributed by atoms with Crippen molar-refractivity contribution in [1.82, 2.24) is 15.3 Å². The molecule has 0 saturated carbocycles. The number of hydrogen-bond acceptors (Lipinski definition) is 2. The van der Waals surface area contributed by atoms with Crippen LogP contribution in [-0.4, -0.2) is 17.0 Å². The topological polar surface area (TPSA) is 60.7 Å². The molecule has 1 unspecified atom stereocenters. The fraction of sp³-hybridized carbons (Fsp3) is 0.188. The molecule has 3 N–H and O–H groups in total. The Morgan fingerprint density at radius 3 is 2.57 bits per heavy atom. The molecule has 5 heteroatoms. The van der Waals surface area contributed by atoms with Crippen LogP contribution in [-0.2, 0) is 0 Å². The summed E-state index contributed by atoms with van der Waals surface area (Å²) in [7, 11) is 1.92. The second-order valence-electron chi connectivity index (χ2n) is 5.11. The highest BCUT2D eigenvalue weighted by Crippen LogP contribution is 2.27. The van der Waals surface area contributed by atoms with Crippen molar-refractivity contribution >= 4 is 22.6 Å². The zero-order chi connectivity index (χ0) is 15.0. The van der Waals surface area contributed by atoms with Crippen molar-refractivity contribution < 1.29 is 0 Å². The summed E-state index contributed by atoms with van der Waals surface area (Å²) in [5.41, 5.74) is 4.82. The van der Waals surface area contributed by atoms with Gasteiger partial charge in [-0.25, -0.2) is 4.79 Å². The molecule has 0 radical (unpaired) electrons. The molecule has 1 atom stereocenters. The predicted octanol–water partition coefficient (Wildman–Crippen LogP) is 3.13. The first kappa shape index (κ1) is 13.9. The van der Waals surface area contributed by atoms with E-state index in [1.807, 2.05) is 50.4 Å². The largest absolute Gasteiger partial charge is 0.323 e. The molecule has 2 aromatic carbocycles. The van der Waals surface area contributed by atoms with Crippen LogP contribution in [0.4, 0.5) is 0 Å². The molecule has 0 amide bonds. The fourth-order valence-electron chi connectivity index (χ4n) is 2.69. The van der Waals surface area contributed by atoms with E-state index in [9.17, 15) is 4.79 Å². The number of rotatable bonds is 3. The molecule has 0 bridgehead atoms. The number of halogens is 1. The summed E-state index contributed by atoms with van der Waals surface area (Å²) >= 11 is 6.03. The summed E-state index contributed by atoms with van der Waals surface area (Å²) in [6.07, 6.45) is 0. The minimum Gasteiger partial charge on any atom is -0.309 e. The van der Waals surface area contributed by atoms with E-state index in [1.54, 1.807) is 0 Å². The third-order valence-corrected chi connectivity index (χ3v) is 3.94. The van der Waals surface area contributed by atoms with E-state index in [0.29, 0.717) is 0 Å². The first-order chi connectivity index (χ1) is 10.1. The Labute approximate surface area is 127 Å². The van der Waals surface area contributed by atoms with Gasteiger partial charge in [0.05, 0.1) is 17.1 Å². The number of aromatic nitrogens is 2. The Kier molecular flexibility index (Phi) is 3.57. The van der Waals surface area contributed by atoms with E-state index in [0.717, 1.165) is 27.2 Å². The van der Waals surface area contributed by atoms with Crippen LogP contribution in [0.3, 0.4) is 0 Å². The lowest BCUT2D eigenvalue weighted by Crippen LogP contribution is -2.18. The van der Waals surface area contributed by atoms with Crippen LogP contribution < -0.4 is 11.0 Å². The first-order valence-corrected chi connectivity index (χ1v) is 7.11. The van der Waals surface area contributed by atoms with E-state index >= 15 is 0 Å². The average molecular weight is 302 g/mol. The van der Waals surface area contributed by atoms with E-state index in [-0.39, 0.29) is 11.7 Å². The smallest absolute Gasteiger partial charge is 0.309 e. The third-order valence-electron chi connectivity index (χ3n) is 3.70. The van der Waals surface area contributed by atoms with Gasteiger partial charge in [-0.1, -0.05) is 23.7 Å². The van der Waals surface area contributed by atoms with Crippen LogP contribution in [0.15, 0.2) is 41.2 Å². The molecule has 21 heavy (non-hydrogen) atoms. The summed E-state index contributed by atoms with van der Waals surface area (Å²) in [6, 6.07) is 11.8. The maximum Gasteiger partial charge on any atom is 0.323 e. The van der Waals surface area contributed by atoms with Gasteiger partial charge in [0, 0.05) is 5.02 Å². The van der Waals surface area contributed by atoms with E-state index in [2.05, 4.69) is 15.3 Å². The molecule has 3 rings (SSSR count). The Bertz CT molecular complexity index is 850. The number of aromatic amines is 2. The SMILES string of the molecule is CNC(c1ccc2[nH]c(=O)[nH]c2c1)c1ccc(Cl)cc1C. The van der Waals surface area contributed by atoms with Crippen molar-refractivity contribution in [1.29, 1.82) is 0 Å². The molecule has 0 aliphatic carbocycles. The zero-order valence-corrected chi connectivity index (χ0v) is 12.6. The van der Waals surface area contributed by atoms with E-state index in [1.165, 1.54) is 5.56 Å². The van der Waals surface area contributed by atoms with Gasteiger partial charge in [-0.15, -0.1) is 0 Å². The maximum atomic E-state index is 11.4. The van der Waals surface area contributed by atoms with Crippen molar-refractivity contribution in [3.05, 3.63) is 68.6 Å². The number of aryl methyl sites for hydroxylation is 1. The maximum absolute atomic E-state index is 11.4. The van der Waals surface area contributed by atoms with E-state index in [4.69, 9.17) is 11.6 Å². The molecule has 0 saturated heterocycles. The summed E-state index contributed by atoms with van der Waals surface area (Å²) in [4.78, 5) is 16.9. The van der Waals surface area contributed by atoms with Gasteiger partial charge in [0.25, 0.3) is 0 Å². The number of fused-ring (bicyclic) bond motifs is 1. The summed E-state index contributed by atoms with van der Waals surface area (Å²) < 4.78 is 0. The summed E-state index contributed by atoms with van der Waals surface area (Å²) in [6.45, 7) is 2.04. The van der Waals surface area contributed by atoms with Gasteiger partial charge < -0.3 is 15.3 Å². The minimum atomic E-state index is -0.189. The molecular formula is C16H16ClN3O. The highest BCUT2D eigenvalue weighted by atomic mass is 35.5. The molecule has 0 aliphatic rings. The Morgan fingerprint density at radius 1 is 1.10 bits per heavy atom. The summed E-state index contributed by atoms with van der Waals surface area (Å²) in [5.74, 6) is 0. The lowest BCUT2D eigenvalue weighted by atomic mass is 9.95. The third kappa shape index (κ3) is 2.60. The van der Waals surface area contributed by atoms with Crippen molar-refractivity contribution in [3.63, 3.8) is 0 Å². The van der Waals surface area contributed by atoms with Crippen LogP contribution in [0.25, 0.3) is 11.0 Å². The van der Waals surface area contributed by atoms with E-state index < -0.39 is 0 Å². The van der Waals surface area contributed by atoms with Crippen LogP contribution in [0.1, 0.15) is 22.7 Å². The van der Waals surface area contributed by atoms with Gasteiger partial charge in [-0.3, -0.25) is 0 Å². The number of imidazole rings is 1. The van der Waals surface area contributed by atoms with Crippen molar-refractivity contribution in [2.24, 2.45) is 0 Å². The lowest BCUT2D eigenvalue weighted by molar-refractivity contribution is 0.688. The summed E-state index contributed by atoms with van der Waals surface area (Å²) in [5, 5.41) is 4.05. The fourth-order valence-corrected chi connectivity index (χ4v) is 2.92. The van der Waals surface area contributed by atoms with Crippen LogP contribution in [0.2, 0.25) is 5.02 Å². The standard InChI is InChI=1S/C16H16ClN3O/c1-9-7-11(17)4-5-12(9)15(18-2)10-3-6-13-14(8-10)20-16(21)19-13/h3-8,15,18H,1-2H3,(H2,19,20,21). The highest BCUT2D eigenvalue weighted by molar-refractivity contribution is 6.30. The lowest BCUT2D eigenvalue weighted by Gasteiger charge is -2.19. The van der Waals surface area contributed by atoms with Gasteiger partial charge >= 0.3 is 5.69 Å². The van der Waals surface area contributed by atoms with Crippen molar-refractivity contribution in [2.45, 2.75) is 13.0 Å². The molecule has 4 nitrogen and oxygen atoms in total. The molecule has 0 fully saturated rings.